The van der Waals surface area contributed by atoms with Gasteiger partial charge in [-0.1, -0.05) is 11.3 Å². The average molecular weight is 313 g/mol. The molecule has 0 amide bonds. The van der Waals surface area contributed by atoms with Crippen molar-refractivity contribution in [2.24, 2.45) is 4.99 Å². The summed E-state index contributed by atoms with van der Waals surface area (Å²) in [7, 11) is 0. The molecule has 2 aromatic rings. The summed E-state index contributed by atoms with van der Waals surface area (Å²) >= 11 is 4.49. The number of aromatic nitrogens is 1. The molecule has 8 heteroatoms. The third-order valence-corrected chi connectivity index (χ3v) is 5.18. The van der Waals surface area contributed by atoms with Gasteiger partial charge in [-0.25, -0.2) is 9.98 Å². The molecule has 0 N–H and O–H groups in total. The fourth-order valence-corrected chi connectivity index (χ4v) is 3.66. The SMILES string of the molecule is CSC(=Nc1nc2c(C)cc([N+](=O)[O-])cc2s1)SC. The smallest absolute Gasteiger partial charge is 0.258 e. The molecule has 0 aliphatic rings. The fourth-order valence-electron chi connectivity index (χ4n) is 1.57. The van der Waals surface area contributed by atoms with Crippen molar-refractivity contribution in [3.63, 3.8) is 0 Å². The van der Waals surface area contributed by atoms with Crippen molar-refractivity contribution in [2.45, 2.75) is 6.92 Å². The summed E-state index contributed by atoms with van der Waals surface area (Å²) in [6.45, 7) is 1.83. The van der Waals surface area contributed by atoms with Crippen LogP contribution in [-0.2, 0) is 0 Å². The van der Waals surface area contributed by atoms with Crippen molar-refractivity contribution in [2.75, 3.05) is 12.5 Å². The van der Waals surface area contributed by atoms with Gasteiger partial charge >= 0.3 is 0 Å². The van der Waals surface area contributed by atoms with E-state index in [1.807, 2.05) is 19.4 Å². The molecule has 1 aromatic heterocycles. The van der Waals surface area contributed by atoms with Gasteiger partial charge in [-0.15, -0.1) is 23.5 Å². The van der Waals surface area contributed by atoms with Crippen molar-refractivity contribution >= 4 is 60.3 Å². The lowest BCUT2D eigenvalue weighted by Gasteiger charge is -1.95. The van der Waals surface area contributed by atoms with E-state index in [4.69, 9.17) is 0 Å². The van der Waals surface area contributed by atoms with Crippen LogP contribution in [0.1, 0.15) is 5.56 Å². The Balaban J connectivity index is 2.54. The van der Waals surface area contributed by atoms with Gasteiger partial charge in [0, 0.05) is 12.1 Å². The molecule has 1 aromatic carbocycles. The standard InChI is InChI=1S/C11H11N3O2S3/c1-6-4-7(14(15)16)5-8-9(6)12-10(19-8)13-11(17-2)18-3/h4-5H,1-3H3. The summed E-state index contributed by atoms with van der Waals surface area (Å²) in [5.41, 5.74) is 1.69. The lowest BCUT2D eigenvalue weighted by Crippen LogP contribution is -1.88. The summed E-state index contributed by atoms with van der Waals surface area (Å²) in [4.78, 5) is 19.3. The molecule has 19 heavy (non-hydrogen) atoms. The second kappa shape index (κ2) is 5.89. The van der Waals surface area contributed by atoms with E-state index < -0.39 is 0 Å². The number of nitro groups is 1. The highest BCUT2D eigenvalue weighted by molar-refractivity contribution is 8.38. The quantitative estimate of drug-likeness (QED) is 0.359. The molecule has 0 radical (unpaired) electrons. The fraction of sp³-hybridized carbons (Fsp3) is 0.273. The van der Waals surface area contributed by atoms with Crippen LogP contribution in [0.4, 0.5) is 10.8 Å². The minimum atomic E-state index is -0.385. The van der Waals surface area contributed by atoms with Crippen molar-refractivity contribution < 1.29 is 4.92 Å². The van der Waals surface area contributed by atoms with Crippen LogP contribution >= 0.6 is 34.9 Å². The molecule has 100 valence electrons. The number of aliphatic imine (C=N–C) groups is 1. The number of aryl methyl sites for hydroxylation is 1. The van der Waals surface area contributed by atoms with E-state index in [2.05, 4.69) is 9.98 Å². The first-order valence-corrected chi connectivity index (χ1v) is 8.54. The zero-order chi connectivity index (χ0) is 14.0. The minimum absolute atomic E-state index is 0.0964. The Kier molecular flexibility index (Phi) is 4.43. The van der Waals surface area contributed by atoms with Gasteiger partial charge in [-0.3, -0.25) is 10.1 Å². The normalized spacial score (nSPS) is 10.7. The Labute approximate surface area is 122 Å². The van der Waals surface area contributed by atoms with E-state index in [1.54, 1.807) is 35.7 Å². The Bertz CT molecular complexity index is 660. The van der Waals surface area contributed by atoms with Gasteiger partial charge in [0.1, 0.15) is 4.38 Å². The highest BCUT2D eigenvalue weighted by atomic mass is 32.2. The zero-order valence-electron chi connectivity index (χ0n) is 10.5. The molecular formula is C11H11N3O2S3. The maximum atomic E-state index is 10.8. The molecule has 0 unspecified atom stereocenters. The summed E-state index contributed by atoms with van der Waals surface area (Å²) in [6.07, 6.45) is 3.91. The van der Waals surface area contributed by atoms with Crippen molar-refractivity contribution in [1.29, 1.82) is 0 Å². The molecule has 0 spiro atoms. The summed E-state index contributed by atoms with van der Waals surface area (Å²) < 4.78 is 1.72. The van der Waals surface area contributed by atoms with Gasteiger partial charge in [-0.05, 0) is 25.0 Å². The first-order valence-electron chi connectivity index (χ1n) is 5.27. The summed E-state index contributed by atoms with van der Waals surface area (Å²) in [6, 6.07) is 3.09. The van der Waals surface area contributed by atoms with Crippen LogP contribution in [0.3, 0.4) is 0 Å². The van der Waals surface area contributed by atoms with Gasteiger partial charge in [0.25, 0.3) is 5.69 Å². The van der Waals surface area contributed by atoms with Crippen LogP contribution in [0.15, 0.2) is 17.1 Å². The Morgan fingerprint density at radius 3 is 2.68 bits per heavy atom. The summed E-state index contributed by atoms with van der Waals surface area (Å²) in [5, 5.41) is 11.5. The van der Waals surface area contributed by atoms with Crippen molar-refractivity contribution in [3.05, 3.63) is 27.8 Å². The molecule has 0 atom stereocenters. The second-order valence-corrected chi connectivity index (χ2v) is 6.51. The highest BCUT2D eigenvalue weighted by Gasteiger charge is 2.13. The van der Waals surface area contributed by atoms with Gasteiger partial charge in [0.05, 0.1) is 15.1 Å². The molecule has 1 heterocycles. The number of rotatable bonds is 2. The molecule has 0 saturated carbocycles. The largest absolute Gasteiger partial charge is 0.271 e. The Morgan fingerprint density at radius 2 is 2.11 bits per heavy atom. The molecule has 0 saturated heterocycles. The zero-order valence-corrected chi connectivity index (χ0v) is 13.0. The number of hydrogen-bond donors (Lipinski definition) is 0. The third kappa shape index (κ3) is 3.07. The molecule has 0 aliphatic carbocycles. The monoisotopic (exact) mass is 313 g/mol. The van der Waals surface area contributed by atoms with Crippen LogP contribution in [-0.4, -0.2) is 26.8 Å². The number of thioether (sulfide) groups is 2. The molecule has 0 fully saturated rings. The van der Waals surface area contributed by atoms with Gasteiger partial charge in [0.2, 0.25) is 5.13 Å². The van der Waals surface area contributed by atoms with Gasteiger partial charge in [0.15, 0.2) is 0 Å². The van der Waals surface area contributed by atoms with E-state index in [9.17, 15) is 10.1 Å². The molecule has 2 rings (SSSR count). The lowest BCUT2D eigenvalue weighted by molar-refractivity contribution is -0.384. The van der Waals surface area contributed by atoms with Crippen molar-refractivity contribution in [3.8, 4) is 0 Å². The van der Waals surface area contributed by atoms with E-state index in [0.29, 0.717) is 5.13 Å². The molecule has 0 bridgehead atoms. The van der Waals surface area contributed by atoms with E-state index >= 15 is 0 Å². The third-order valence-electron chi connectivity index (χ3n) is 2.41. The second-order valence-electron chi connectivity index (χ2n) is 3.65. The van der Waals surface area contributed by atoms with E-state index in [-0.39, 0.29) is 10.6 Å². The Hall–Kier alpha value is -1.12. The number of non-ortho nitro benzene ring substituents is 1. The Morgan fingerprint density at radius 1 is 1.42 bits per heavy atom. The van der Waals surface area contributed by atoms with Crippen LogP contribution in [0, 0.1) is 17.0 Å². The number of nitro benzene ring substituents is 1. The first-order chi connectivity index (χ1) is 9.05. The minimum Gasteiger partial charge on any atom is -0.258 e. The van der Waals surface area contributed by atoms with Crippen LogP contribution in [0.2, 0.25) is 0 Å². The van der Waals surface area contributed by atoms with E-state index in [1.165, 1.54) is 11.3 Å². The maximum Gasteiger partial charge on any atom is 0.271 e. The predicted molar refractivity (Wildman–Crippen MR) is 85.1 cm³/mol. The first kappa shape index (κ1) is 14.3. The number of benzene rings is 1. The van der Waals surface area contributed by atoms with Crippen LogP contribution in [0.25, 0.3) is 10.2 Å². The maximum absolute atomic E-state index is 10.8. The highest BCUT2D eigenvalue weighted by Crippen LogP contribution is 2.34. The van der Waals surface area contributed by atoms with Gasteiger partial charge in [-0.2, -0.15) is 0 Å². The topological polar surface area (TPSA) is 68.4 Å². The van der Waals surface area contributed by atoms with Gasteiger partial charge < -0.3 is 0 Å². The predicted octanol–water partition coefficient (Wildman–Crippen LogP) is 4.23. The van der Waals surface area contributed by atoms with Crippen LogP contribution < -0.4 is 0 Å². The number of hydrogen-bond acceptors (Lipinski definition) is 7. The number of fused-ring (bicyclic) bond motifs is 1. The average Bonchev–Trinajstić information content (AvgIpc) is 2.79. The van der Waals surface area contributed by atoms with Crippen molar-refractivity contribution in [1.82, 2.24) is 4.98 Å². The van der Waals surface area contributed by atoms with E-state index in [0.717, 1.165) is 20.2 Å². The summed E-state index contributed by atoms with van der Waals surface area (Å²) in [5.74, 6) is 0. The van der Waals surface area contributed by atoms with Crippen LogP contribution in [0.5, 0.6) is 0 Å². The lowest BCUT2D eigenvalue weighted by atomic mass is 10.2. The molecule has 5 nitrogen and oxygen atoms in total. The number of nitrogens with zero attached hydrogens (tertiary/aromatic N) is 3. The molecular weight excluding hydrogens is 302 g/mol. The number of thiazole rings is 1. The molecule has 0 aliphatic heterocycles.